The van der Waals surface area contributed by atoms with E-state index in [9.17, 15) is 9.59 Å². The molecular weight excluding hydrogens is 334 g/mol. The first-order valence-corrected chi connectivity index (χ1v) is 9.04. The van der Waals surface area contributed by atoms with Crippen LogP contribution in [0, 0.1) is 0 Å². The Hall–Kier alpha value is -2.73. The third kappa shape index (κ3) is 4.42. The first-order valence-electron chi connectivity index (χ1n) is 8.22. The quantitative estimate of drug-likeness (QED) is 0.676. The maximum Gasteiger partial charge on any atom is 0.257 e. The lowest BCUT2D eigenvalue weighted by molar-refractivity contribution is -0.116. The van der Waals surface area contributed by atoms with Crippen LogP contribution >= 0.6 is 11.3 Å². The fraction of sp³-hybridized carbons (Fsp3) is 0.211. The van der Waals surface area contributed by atoms with Crippen LogP contribution in [-0.4, -0.2) is 16.8 Å². The minimum atomic E-state index is -0.187. The van der Waals surface area contributed by atoms with Gasteiger partial charge in [0.2, 0.25) is 5.91 Å². The molecule has 1 heterocycles. The van der Waals surface area contributed by atoms with Crippen molar-refractivity contribution in [2.75, 3.05) is 10.6 Å². The van der Waals surface area contributed by atoms with Crippen LogP contribution < -0.4 is 10.6 Å². The molecule has 3 aromatic rings. The van der Waals surface area contributed by atoms with E-state index in [1.54, 1.807) is 12.1 Å². The van der Waals surface area contributed by atoms with Gasteiger partial charge < -0.3 is 5.32 Å². The number of fused-ring (bicyclic) bond motifs is 1. The van der Waals surface area contributed by atoms with Crippen molar-refractivity contribution in [1.29, 1.82) is 0 Å². The Morgan fingerprint density at radius 2 is 1.88 bits per heavy atom. The van der Waals surface area contributed by atoms with Gasteiger partial charge in [0.25, 0.3) is 5.91 Å². The molecule has 0 fully saturated rings. The zero-order valence-corrected chi connectivity index (χ0v) is 14.7. The monoisotopic (exact) mass is 353 g/mol. The fourth-order valence-electron chi connectivity index (χ4n) is 2.38. The summed E-state index contributed by atoms with van der Waals surface area (Å²) in [5.41, 5.74) is 2.13. The van der Waals surface area contributed by atoms with E-state index in [1.807, 2.05) is 36.4 Å². The van der Waals surface area contributed by atoms with Crippen molar-refractivity contribution in [1.82, 2.24) is 4.98 Å². The van der Waals surface area contributed by atoms with Gasteiger partial charge in [0.1, 0.15) is 0 Å². The fourth-order valence-corrected chi connectivity index (χ4v) is 3.28. The molecule has 1 aromatic heterocycles. The standard InChI is InChI=1S/C19H19N3O2S/c1-2-3-9-17(23)20-14-10-11-15-16(12-14)25-19(21-15)22-18(24)13-7-5-4-6-8-13/h4-8,10-12H,2-3,9H2,1H3,(H,20,23)(H,21,22,24). The van der Waals surface area contributed by atoms with Crippen molar-refractivity contribution in [3.8, 4) is 0 Å². The molecule has 128 valence electrons. The van der Waals surface area contributed by atoms with Gasteiger partial charge in [0.15, 0.2) is 5.13 Å². The number of thiazole rings is 1. The minimum Gasteiger partial charge on any atom is -0.326 e. The van der Waals surface area contributed by atoms with Crippen LogP contribution in [0.5, 0.6) is 0 Å². The van der Waals surface area contributed by atoms with Gasteiger partial charge in [-0.05, 0) is 36.8 Å². The molecule has 2 amide bonds. The Morgan fingerprint density at radius 1 is 1.08 bits per heavy atom. The van der Waals surface area contributed by atoms with Crippen molar-refractivity contribution >= 4 is 44.2 Å². The van der Waals surface area contributed by atoms with Gasteiger partial charge in [-0.25, -0.2) is 4.98 Å². The van der Waals surface area contributed by atoms with E-state index in [4.69, 9.17) is 0 Å². The molecule has 5 nitrogen and oxygen atoms in total. The van der Waals surface area contributed by atoms with Crippen LogP contribution in [0.1, 0.15) is 36.5 Å². The molecule has 25 heavy (non-hydrogen) atoms. The highest BCUT2D eigenvalue weighted by atomic mass is 32.1. The van der Waals surface area contributed by atoms with Crippen molar-refractivity contribution in [3.63, 3.8) is 0 Å². The van der Waals surface area contributed by atoms with Gasteiger partial charge in [-0.15, -0.1) is 0 Å². The van der Waals surface area contributed by atoms with Crippen LogP contribution in [0.4, 0.5) is 10.8 Å². The zero-order chi connectivity index (χ0) is 17.6. The summed E-state index contributed by atoms with van der Waals surface area (Å²) in [5, 5.41) is 6.25. The topological polar surface area (TPSA) is 71.1 Å². The normalized spacial score (nSPS) is 10.6. The van der Waals surface area contributed by atoms with Crippen molar-refractivity contribution in [2.24, 2.45) is 0 Å². The number of nitrogens with zero attached hydrogens (tertiary/aromatic N) is 1. The highest BCUT2D eigenvalue weighted by Crippen LogP contribution is 2.28. The number of hydrogen-bond donors (Lipinski definition) is 2. The highest BCUT2D eigenvalue weighted by Gasteiger charge is 2.10. The Labute approximate surface area is 150 Å². The van der Waals surface area contributed by atoms with E-state index in [0.717, 1.165) is 28.7 Å². The van der Waals surface area contributed by atoms with Crippen molar-refractivity contribution < 1.29 is 9.59 Å². The van der Waals surface area contributed by atoms with Gasteiger partial charge in [-0.1, -0.05) is 42.9 Å². The number of benzene rings is 2. The number of carbonyl (C=O) groups is 2. The summed E-state index contributed by atoms with van der Waals surface area (Å²) < 4.78 is 0.914. The number of rotatable bonds is 6. The third-order valence-corrected chi connectivity index (χ3v) is 4.62. The predicted octanol–water partition coefficient (Wildman–Crippen LogP) is 4.68. The van der Waals surface area contributed by atoms with Crippen LogP contribution in [0.3, 0.4) is 0 Å². The first-order chi connectivity index (χ1) is 12.2. The van der Waals surface area contributed by atoms with Crippen LogP contribution in [-0.2, 0) is 4.79 Å². The lowest BCUT2D eigenvalue weighted by atomic mass is 10.2. The van der Waals surface area contributed by atoms with Crippen molar-refractivity contribution in [2.45, 2.75) is 26.2 Å². The summed E-state index contributed by atoms with van der Waals surface area (Å²) in [6.45, 7) is 2.06. The molecule has 2 N–H and O–H groups in total. The average molecular weight is 353 g/mol. The Balaban J connectivity index is 1.72. The number of amides is 2. The molecule has 0 aliphatic heterocycles. The number of anilines is 2. The number of unbranched alkanes of at least 4 members (excludes halogenated alkanes) is 1. The van der Waals surface area contributed by atoms with E-state index >= 15 is 0 Å². The lowest BCUT2D eigenvalue weighted by Gasteiger charge is -2.04. The molecule has 0 saturated carbocycles. The van der Waals surface area contributed by atoms with Crippen LogP contribution in [0.25, 0.3) is 10.2 Å². The largest absolute Gasteiger partial charge is 0.326 e. The van der Waals surface area contributed by atoms with E-state index in [1.165, 1.54) is 11.3 Å². The summed E-state index contributed by atoms with van der Waals surface area (Å²) >= 11 is 1.39. The average Bonchev–Trinajstić information content (AvgIpc) is 3.02. The smallest absolute Gasteiger partial charge is 0.257 e. The van der Waals surface area contributed by atoms with E-state index in [2.05, 4.69) is 22.5 Å². The van der Waals surface area contributed by atoms with Crippen LogP contribution in [0.15, 0.2) is 48.5 Å². The number of carbonyl (C=O) groups excluding carboxylic acids is 2. The van der Waals surface area contributed by atoms with Gasteiger partial charge in [-0.3, -0.25) is 14.9 Å². The summed E-state index contributed by atoms with van der Waals surface area (Å²) in [6, 6.07) is 14.6. The van der Waals surface area contributed by atoms with Gasteiger partial charge in [-0.2, -0.15) is 0 Å². The molecule has 0 spiro atoms. The van der Waals surface area contributed by atoms with Crippen LogP contribution in [0.2, 0.25) is 0 Å². The van der Waals surface area contributed by atoms with Gasteiger partial charge in [0.05, 0.1) is 10.2 Å². The predicted molar refractivity (Wildman–Crippen MR) is 102 cm³/mol. The zero-order valence-electron chi connectivity index (χ0n) is 13.9. The molecule has 0 unspecified atom stereocenters. The summed E-state index contributed by atoms with van der Waals surface area (Å²) in [7, 11) is 0. The van der Waals surface area contributed by atoms with E-state index < -0.39 is 0 Å². The third-order valence-electron chi connectivity index (χ3n) is 3.69. The molecule has 0 aliphatic carbocycles. The van der Waals surface area contributed by atoms with E-state index in [0.29, 0.717) is 17.1 Å². The minimum absolute atomic E-state index is 0.0170. The Bertz CT molecular complexity index is 890. The second-order valence-electron chi connectivity index (χ2n) is 5.67. The molecule has 6 heteroatoms. The highest BCUT2D eigenvalue weighted by molar-refractivity contribution is 7.22. The Kier molecular flexibility index (Phi) is 5.40. The molecule has 0 bridgehead atoms. The molecule has 0 aliphatic rings. The lowest BCUT2D eigenvalue weighted by Crippen LogP contribution is -2.11. The summed E-state index contributed by atoms with van der Waals surface area (Å²) in [4.78, 5) is 28.5. The van der Waals surface area contributed by atoms with Crippen molar-refractivity contribution in [3.05, 3.63) is 54.1 Å². The van der Waals surface area contributed by atoms with Gasteiger partial charge in [0, 0.05) is 17.7 Å². The number of nitrogens with one attached hydrogen (secondary N) is 2. The molecule has 0 atom stereocenters. The second-order valence-corrected chi connectivity index (χ2v) is 6.70. The van der Waals surface area contributed by atoms with Gasteiger partial charge >= 0.3 is 0 Å². The number of hydrogen-bond acceptors (Lipinski definition) is 4. The molecule has 0 radical (unpaired) electrons. The SMILES string of the molecule is CCCCC(=O)Nc1ccc2nc(NC(=O)c3ccccc3)sc2c1. The Morgan fingerprint density at radius 3 is 2.64 bits per heavy atom. The summed E-state index contributed by atoms with van der Waals surface area (Å²) in [6.07, 6.45) is 2.39. The molecule has 3 rings (SSSR count). The van der Waals surface area contributed by atoms with E-state index in [-0.39, 0.29) is 11.8 Å². The number of aromatic nitrogens is 1. The maximum absolute atomic E-state index is 12.2. The summed E-state index contributed by atoms with van der Waals surface area (Å²) in [5.74, 6) is -0.170. The molecule has 0 saturated heterocycles. The second kappa shape index (κ2) is 7.90. The molecular formula is C19H19N3O2S. The maximum atomic E-state index is 12.2. The molecule has 2 aromatic carbocycles. The first kappa shape index (κ1) is 17.1.